The molecule has 0 saturated carbocycles. The first-order valence-corrected chi connectivity index (χ1v) is 10.9. The van der Waals surface area contributed by atoms with Crippen molar-refractivity contribution in [1.29, 1.82) is 0 Å². The van der Waals surface area contributed by atoms with E-state index >= 15 is 0 Å². The molecule has 9 heteroatoms. The van der Waals surface area contributed by atoms with Crippen LogP contribution in [0.3, 0.4) is 0 Å². The number of likely N-dealkylation sites (N-methyl/N-ethyl adjacent to an activating group) is 1. The van der Waals surface area contributed by atoms with E-state index in [-0.39, 0.29) is 17.7 Å². The number of amides is 2. The second-order valence-electron chi connectivity index (χ2n) is 8.86. The average Bonchev–Trinajstić information content (AvgIpc) is 3.37. The molecule has 2 aromatic heterocycles. The summed E-state index contributed by atoms with van der Waals surface area (Å²) in [5.74, 6) is -0.204. The number of aromatic nitrogens is 4. The molecule has 0 bridgehead atoms. The number of likely N-dealkylation sites (tertiary alicyclic amines) is 1. The number of aryl methyl sites for hydroxylation is 1. The highest BCUT2D eigenvalue weighted by Crippen LogP contribution is 2.29. The van der Waals surface area contributed by atoms with Crippen LogP contribution in [-0.2, 0) is 29.5 Å². The van der Waals surface area contributed by atoms with Gasteiger partial charge in [0, 0.05) is 75.6 Å². The molecule has 4 heterocycles. The van der Waals surface area contributed by atoms with E-state index < -0.39 is 0 Å². The summed E-state index contributed by atoms with van der Waals surface area (Å²) in [6.45, 7) is 4.04. The fourth-order valence-corrected chi connectivity index (χ4v) is 4.65. The van der Waals surface area contributed by atoms with Crippen molar-refractivity contribution in [2.24, 2.45) is 13.0 Å². The number of nitrogens with zero attached hydrogens (tertiary/aromatic N) is 7. The molecule has 2 aliphatic heterocycles. The van der Waals surface area contributed by atoms with Crippen LogP contribution in [0, 0.1) is 5.92 Å². The Balaban J connectivity index is 1.67. The van der Waals surface area contributed by atoms with Crippen molar-refractivity contribution in [3.8, 4) is 11.3 Å². The lowest BCUT2D eigenvalue weighted by Gasteiger charge is -2.32. The van der Waals surface area contributed by atoms with E-state index in [0.29, 0.717) is 32.0 Å². The summed E-state index contributed by atoms with van der Waals surface area (Å²) in [6.07, 6.45) is 7.44. The quantitative estimate of drug-likeness (QED) is 0.716. The first-order chi connectivity index (χ1) is 14.8. The first-order valence-electron chi connectivity index (χ1n) is 10.9. The van der Waals surface area contributed by atoms with E-state index in [9.17, 15) is 9.59 Å². The van der Waals surface area contributed by atoms with Crippen molar-refractivity contribution in [2.75, 3.05) is 40.3 Å². The van der Waals surface area contributed by atoms with E-state index in [2.05, 4.69) is 34.1 Å². The van der Waals surface area contributed by atoms with Gasteiger partial charge in [-0.15, -0.1) is 0 Å². The third kappa shape index (κ3) is 4.46. The van der Waals surface area contributed by atoms with Crippen molar-refractivity contribution in [1.82, 2.24) is 34.4 Å². The number of rotatable bonds is 3. The van der Waals surface area contributed by atoms with Crippen LogP contribution in [0.1, 0.15) is 24.6 Å². The number of fused-ring (bicyclic) bond motifs is 1. The van der Waals surface area contributed by atoms with Crippen LogP contribution in [0.5, 0.6) is 0 Å². The summed E-state index contributed by atoms with van der Waals surface area (Å²) in [7, 11) is 5.99. The van der Waals surface area contributed by atoms with Crippen LogP contribution in [0.15, 0.2) is 18.7 Å². The summed E-state index contributed by atoms with van der Waals surface area (Å²) in [6, 6.07) is 0.378. The predicted octanol–water partition coefficient (Wildman–Crippen LogP) is 0.603. The lowest BCUT2D eigenvalue weighted by Crippen LogP contribution is -2.45. The molecule has 0 aliphatic carbocycles. The summed E-state index contributed by atoms with van der Waals surface area (Å²) >= 11 is 0. The molecule has 2 amide bonds. The van der Waals surface area contributed by atoms with Crippen LogP contribution in [0.2, 0.25) is 0 Å². The maximum absolute atomic E-state index is 13.6. The Bertz CT molecular complexity index is 971. The molecule has 2 aromatic rings. The van der Waals surface area contributed by atoms with Gasteiger partial charge >= 0.3 is 0 Å². The van der Waals surface area contributed by atoms with Gasteiger partial charge in [0.25, 0.3) is 0 Å². The Labute approximate surface area is 183 Å². The standard InChI is InChI=1S/C22H31N7O2/c1-15(30)28-8-6-20-19(21(24-14-23-20)17-10-25-27(4)11-17)9-16(12-28)22(31)29-7-5-18(13-29)26(2)3/h10-11,14,16,18H,5-9,12-13H2,1-4H3/t16-,18-/m0/s1. The Hall–Kier alpha value is -2.81. The summed E-state index contributed by atoms with van der Waals surface area (Å²) in [5.41, 5.74) is 3.66. The first kappa shape index (κ1) is 21.4. The lowest BCUT2D eigenvalue weighted by molar-refractivity contribution is -0.137. The van der Waals surface area contributed by atoms with Gasteiger partial charge in [0.05, 0.1) is 17.8 Å². The molecule has 0 N–H and O–H groups in total. The molecular formula is C22H31N7O2. The molecule has 0 radical (unpaired) electrons. The minimum atomic E-state index is -0.315. The van der Waals surface area contributed by atoms with Gasteiger partial charge < -0.3 is 14.7 Å². The fraction of sp³-hybridized carbons (Fsp3) is 0.591. The molecule has 2 aliphatic rings. The van der Waals surface area contributed by atoms with Crippen molar-refractivity contribution in [2.45, 2.75) is 32.2 Å². The van der Waals surface area contributed by atoms with E-state index in [1.165, 1.54) is 0 Å². The summed E-state index contributed by atoms with van der Waals surface area (Å²) in [4.78, 5) is 40.8. The molecule has 1 fully saturated rings. The van der Waals surface area contributed by atoms with Crippen LogP contribution < -0.4 is 0 Å². The van der Waals surface area contributed by atoms with Crippen LogP contribution in [-0.4, -0.2) is 92.6 Å². The van der Waals surface area contributed by atoms with Gasteiger partial charge in [0.2, 0.25) is 11.8 Å². The molecule has 2 atom stereocenters. The fourth-order valence-electron chi connectivity index (χ4n) is 4.65. The second-order valence-corrected chi connectivity index (χ2v) is 8.86. The normalized spacial score (nSPS) is 21.7. The molecule has 31 heavy (non-hydrogen) atoms. The van der Waals surface area contributed by atoms with Gasteiger partial charge in [0.15, 0.2) is 0 Å². The van der Waals surface area contributed by atoms with Crippen LogP contribution >= 0.6 is 0 Å². The van der Waals surface area contributed by atoms with Gasteiger partial charge in [-0.2, -0.15) is 5.10 Å². The van der Waals surface area contributed by atoms with Gasteiger partial charge in [-0.3, -0.25) is 14.3 Å². The number of hydrogen-bond donors (Lipinski definition) is 0. The largest absolute Gasteiger partial charge is 0.342 e. The van der Waals surface area contributed by atoms with Gasteiger partial charge in [-0.25, -0.2) is 9.97 Å². The third-order valence-electron chi connectivity index (χ3n) is 6.52. The maximum Gasteiger partial charge on any atom is 0.227 e. The predicted molar refractivity (Wildman–Crippen MR) is 116 cm³/mol. The SMILES string of the molecule is CC(=O)N1CCc2ncnc(-c3cnn(C)c3)c2C[C@H](C(=O)N2CC[C@H](N(C)C)C2)C1. The Kier molecular flexibility index (Phi) is 6.04. The van der Waals surface area contributed by atoms with Gasteiger partial charge in [-0.05, 0) is 26.9 Å². The maximum atomic E-state index is 13.6. The molecule has 0 aromatic carbocycles. The van der Waals surface area contributed by atoms with Crippen molar-refractivity contribution < 1.29 is 9.59 Å². The number of carbonyl (C=O) groups is 2. The number of hydrogen-bond acceptors (Lipinski definition) is 6. The monoisotopic (exact) mass is 425 g/mol. The molecule has 166 valence electrons. The van der Waals surface area contributed by atoms with Gasteiger partial charge in [0.1, 0.15) is 6.33 Å². The average molecular weight is 426 g/mol. The molecule has 1 saturated heterocycles. The highest BCUT2D eigenvalue weighted by molar-refractivity contribution is 5.81. The zero-order valence-electron chi connectivity index (χ0n) is 18.8. The van der Waals surface area contributed by atoms with Crippen LogP contribution in [0.25, 0.3) is 11.3 Å². The van der Waals surface area contributed by atoms with Gasteiger partial charge in [-0.1, -0.05) is 0 Å². The number of carbonyl (C=O) groups excluding carboxylic acids is 2. The highest BCUT2D eigenvalue weighted by atomic mass is 16.2. The molecular weight excluding hydrogens is 394 g/mol. The van der Waals surface area contributed by atoms with E-state index in [4.69, 9.17) is 0 Å². The zero-order valence-corrected chi connectivity index (χ0v) is 18.8. The van der Waals surface area contributed by atoms with Crippen molar-refractivity contribution in [3.05, 3.63) is 30.0 Å². The summed E-state index contributed by atoms with van der Waals surface area (Å²) in [5, 5.41) is 4.28. The molecule has 9 nitrogen and oxygen atoms in total. The van der Waals surface area contributed by atoms with Crippen LogP contribution in [0.4, 0.5) is 0 Å². The Morgan fingerprint density at radius 3 is 2.58 bits per heavy atom. The topological polar surface area (TPSA) is 87.5 Å². The third-order valence-corrected chi connectivity index (χ3v) is 6.52. The van der Waals surface area contributed by atoms with E-state index in [0.717, 1.165) is 42.0 Å². The lowest BCUT2D eigenvalue weighted by atomic mass is 9.90. The molecule has 0 unspecified atom stereocenters. The van der Waals surface area contributed by atoms with Crippen molar-refractivity contribution >= 4 is 11.8 Å². The van der Waals surface area contributed by atoms with E-state index in [1.54, 1.807) is 29.0 Å². The van der Waals surface area contributed by atoms with E-state index in [1.807, 2.05) is 18.1 Å². The molecule has 0 spiro atoms. The highest BCUT2D eigenvalue weighted by Gasteiger charge is 2.35. The Morgan fingerprint density at radius 1 is 1.13 bits per heavy atom. The minimum absolute atomic E-state index is 0.00428. The minimum Gasteiger partial charge on any atom is -0.342 e. The second kappa shape index (κ2) is 8.74. The van der Waals surface area contributed by atoms with Crippen molar-refractivity contribution in [3.63, 3.8) is 0 Å². The summed E-state index contributed by atoms with van der Waals surface area (Å²) < 4.78 is 1.75. The zero-order chi connectivity index (χ0) is 22.1. The Morgan fingerprint density at radius 2 is 1.94 bits per heavy atom. The smallest absolute Gasteiger partial charge is 0.227 e. The molecule has 4 rings (SSSR count).